The molecule has 0 aromatic rings. The van der Waals surface area contributed by atoms with Crippen LogP contribution in [0.4, 0.5) is 4.79 Å². The van der Waals surface area contributed by atoms with E-state index in [2.05, 4.69) is 16.7 Å². The number of carbonyl (C=O) groups excluding carboxylic acids is 4. The van der Waals surface area contributed by atoms with Crippen molar-refractivity contribution in [3.63, 3.8) is 0 Å². The zero-order valence-corrected chi connectivity index (χ0v) is 19.5. The average molecular weight is 456 g/mol. The number of fused-ring (bicyclic) bond motifs is 1. The fraction of sp³-hybridized carbons (Fsp3) is 0.560. The van der Waals surface area contributed by atoms with Gasteiger partial charge in [0, 0.05) is 13.1 Å². The summed E-state index contributed by atoms with van der Waals surface area (Å²) in [5.74, 6) is -1.45. The van der Waals surface area contributed by atoms with Crippen molar-refractivity contribution in [1.29, 1.82) is 0 Å². The highest BCUT2D eigenvalue weighted by molar-refractivity contribution is 6.16. The van der Waals surface area contributed by atoms with Crippen LogP contribution < -0.4 is 10.6 Å². The normalized spacial score (nSPS) is 20.0. The van der Waals surface area contributed by atoms with Gasteiger partial charge >= 0.3 is 11.9 Å². The lowest BCUT2D eigenvalue weighted by molar-refractivity contribution is -0.428. The molecule has 8 heteroatoms. The smallest absolute Gasteiger partial charge is 0.356 e. The van der Waals surface area contributed by atoms with E-state index in [1.54, 1.807) is 24.3 Å². The number of urea groups is 1. The standard InChI is InChI=1S/C25H34N4O4/c1-2-3-15-26-22(30)14-17-28-24(32)20-11-7-8-12-21(20)29(25(28)33)18-23(31)27-16-13-19-9-5-4-6-10-19/h7-9,11-12,20H,2-6,10,13-18H2,1H3,(H-,26,27,30,31)/p+1. The van der Waals surface area contributed by atoms with E-state index in [0.29, 0.717) is 18.8 Å². The Morgan fingerprint density at radius 1 is 1.12 bits per heavy atom. The fourth-order valence-corrected chi connectivity index (χ4v) is 4.28. The van der Waals surface area contributed by atoms with Crippen LogP contribution in [0, 0.1) is 5.92 Å². The summed E-state index contributed by atoms with van der Waals surface area (Å²) < 4.78 is 1.36. The van der Waals surface area contributed by atoms with Crippen molar-refractivity contribution in [2.45, 2.75) is 58.3 Å². The predicted octanol–water partition coefficient (Wildman–Crippen LogP) is 2.46. The van der Waals surface area contributed by atoms with Gasteiger partial charge in [-0.3, -0.25) is 9.59 Å². The minimum Gasteiger partial charge on any atom is -0.356 e. The SMILES string of the molecule is CCCCNC(=O)CCN1C(=O)C2C=CC=CC2=[N+](CC(=O)NCCC2=CCCCC2)C1=O. The summed E-state index contributed by atoms with van der Waals surface area (Å²) in [4.78, 5) is 51.9. The van der Waals surface area contributed by atoms with E-state index in [9.17, 15) is 19.2 Å². The highest BCUT2D eigenvalue weighted by Crippen LogP contribution is 2.21. The molecule has 0 radical (unpaired) electrons. The van der Waals surface area contributed by atoms with Gasteiger partial charge in [0.15, 0.2) is 6.54 Å². The molecule has 0 saturated heterocycles. The Morgan fingerprint density at radius 2 is 1.94 bits per heavy atom. The number of rotatable bonds is 11. The zero-order valence-electron chi connectivity index (χ0n) is 19.5. The van der Waals surface area contributed by atoms with Crippen molar-refractivity contribution in [3.05, 3.63) is 36.0 Å². The number of carbonyl (C=O) groups is 4. The Labute approximate surface area is 195 Å². The minimum absolute atomic E-state index is 0.0107. The number of hydrogen-bond donors (Lipinski definition) is 2. The third-order valence-corrected chi connectivity index (χ3v) is 6.18. The molecule has 2 aliphatic carbocycles. The molecule has 1 atom stereocenters. The molecule has 8 nitrogen and oxygen atoms in total. The van der Waals surface area contributed by atoms with Crippen LogP contribution in [0.2, 0.25) is 0 Å². The Kier molecular flexibility index (Phi) is 9.15. The summed E-state index contributed by atoms with van der Waals surface area (Å²) in [5, 5.41) is 5.70. The van der Waals surface area contributed by atoms with E-state index in [0.717, 1.165) is 37.0 Å². The molecule has 0 spiro atoms. The topological polar surface area (TPSA) is 98.6 Å². The number of allylic oxidation sites excluding steroid dienone is 4. The molecule has 2 N–H and O–H groups in total. The van der Waals surface area contributed by atoms with Crippen molar-refractivity contribution in [2.24, 2.45) is 5.92 Å². The number of nitrogens with zero attached hydrogens (tertiary/aromatic N) is 2. The van der Waals surface area contributed by atoms with Crippen molar-refractivity contribution in [1.82, 2.24) is 15.5 Å². The predicted molar refractivity (Wildman–Crippen MR) is 126 cm³/mol. The first-order valence-electron chi connectivity index (χ1n) is 12.1. The molecular weight excluding hydrogens is 420 g/mol. The third-order valence-electron chi connectivity index (χ3n) is 6.18. The molecule has 0 aromatic carbocycles. The van der Waals surface area contributed by atoms with E-state index in [1.165, 1.54) is 23.0 Å². The zero-order chi connectivity index (χ0) is 23.6. The molecule has 3 aliphatic rings. The molecule has 178 valence electrons. The molecule has 1 aliphatic heterocycles. The van der Waals surface area contributed by atoms with Crippen LogP contribution in [0.3, 0.4) is 0 Å². The van der Waals surface area contributed by atoms with E-state index in [4.69, 9.17) is 0 Å². The maximum atomic E-state index is 13.2. The largest absolute Gasteiger partial charge is 0.501 e. The van der Waals surface area contributed by atoms with Gasteiger partial charge < -0.3 is 10.6 Å². The van der Waals surface area contributed by atoms with Crippen LogP contribution >= 0.6 is 0 Å². The van der Waals surface area contributed by atoms with Gasteiger partial charge in [-0.2, -0.15) is 14.3 Å². The molecule has 0 saturated carbocycles. The lowest BCUT2D eigenvalue weighted by atomic mass is 9.94. The molecule has 0 fully saturated rings. The van der Waals surface area contributed by atoms with Crippen LogP contribution in [0.15, 0.2) is 36.0 Å². The lowest BCUT2D eigenvalue weighted by Gasteiger charge is -2.26. The third kappa shape index (κ3) is 6.73. The lowest BCUT2D eigenvalue weighted by Crippen LogP contribution is -2.56. The molecule has 33 heavy (non-hydrogen) atoms. The number of hydrogen-bond acceptors (Lipinski definition) is 4. The first kappa shape index (κ1) is 24.6. The Hall–Kier alpha value is -3.03. The highest BCUT2D eigenvalue weighted by Gasteiger charge is 2.47. The highest BCUT2D eigenvalue weighted by atomic mass is 16.2. The second-order valence-electron chi connectivity index (χ2n) is 8.67. The Morgan fingerprint density at radius 3 is 2.70 bits per heavy atom. The molecule has 5 amide bonds. The first-order valence-corrected chi connectivity index (χ1v) is 12.1. The van der Waals surface area contributed by atoms with E-state index >= 15 is 0 Å². The van der Waals surface area contributed by atoms with Crippen LogP contribution in [0.25, 0.3) is 0 Å². The van der Waals surface area contributed by atoms with Crippen molar-refractivity contribution >= 4 is 29.5 Å². The van der Waals surface area contributed by atoms with Crippen LogP contribution in [-0.2, 0) is 14.4 Å². The van der Waals surface area contributed by atoms with E-state index in [1.807, 2.05) is 6.92 Å². The van der Waals surface area contributed by atoms with Gasteiger partial charge in [0.2, 0.25) is 5.91 Å². The number of nitrogens with one attached hydrogen (secondary N) is 2. The van der Waals surface area contributed by atoms with Crippen molar-refractivity contribution in [2.75, 3.05) is 26.2 Å². The van der Waals surface area contributed by atoms with Crippen LogP contribution in [0.1, 0.15) is 58.3 Å². The maximum Gasteiger partial charge on any atom is 0.501 e. The molecule has 1 unspecified atom stereocenters. The fourth-order valence-electron chi connectivity index (χ4n) is 4.28. The molecular formula is C25H35N4O4+. The molecule has 0 aromatic heterocycles. The van der Waals surface area contributed by atoms with E-state index < -0.39 is 11.9 Å². The van der Waals surface area contributed by atoms with Crippen molar-refractivity contribution < 1.29 is 23.8 Å². The molecule has 0 bridgehead atoms. The molecule has 1 heterocycles. The van der Waals surface area contributed by atoms with Gasteiger partial charge in [-0.05, 0) is 44.6 Å². The van der Waals surface area contributed by atoms with Crippen LogP contribution in [0.5, 0.6) is 0 Å². The Bertz CT molecular complexity index is 900. The molecule has 3 rings (SSSR count). The quantitative estimate of drug-likeness (QED) is 0.284. The second-order valence-corrected chi connectivity index (χ2v) is 8.67. The second kappa shape index (κ2) is 12.3. The summed E-state index contributed by atoms with van der Waals surface area (Å²) in [6.45, 7) is 2.98. The number of amides is 5. The summed E-state index contributed by atoms with van der Waals surface area (Å²) in [5.41, 5.74) is 1.88. The minimum atomic E-state index is -0.629. The van der Waals surface area contributed by atoms with Crippen LogP contribution in [-0.4, -0.2) is 65.1 Å². The maximum absolute atomic E-state index is 13.2. The van der Waals surface area contributed by atoms with Gasteiger partial charge in [0.1, 0.15) is 18.2 Å². The van der Waals surface area contributed by atoms with Gasteiger partial charge in [-0.15, -0.1) is 0 Å². The van der Waals surface area contributed by atoms with Gasteiger partial charge in [0.25, 0.3) is 5.91 Å². The number of imide groups is 1. The van der Waals surface area contributed by atoms with Gasteiger partial charge in [-0.25, -0.2) is 4.79 Å². The summed E-state index contributed by atoms with van der Waals surface area (Å²) in [7, 11) is 0. The number of unbranched alkanes of at least 4 members (excludes halogenated alkanes) is 1. The summed E-state index contributed by atoms with van der Waals surface area (Å²) in [6, 6.07) is -0.558. The van der Waals surface area contributed by atoms with E-state index in [-0.39, 0.29) is 37.2 Å². The summed E-state index contributed by atoms with van der Waals surface area (Å²) >= 11 is 0. The van der Waals surface area contributed by atoms with Gasteiger partial charge in [0.05, 0.1) is 6.42 Å². The average Bonchev–Trinajstić information content (AvgIpc) is 2.82. The monoisotopic (exact) mass is 455 g/mol. The first-order chi connectivity index (χ1) is 16.0. The Balaban J connectivity index is 1.62. The summed E-state index contributed by atoms with van der Waals surface area (Å²) in [6.07, 6.45) is 16.5. The van der Waals surface area contributed by atoms with Gasteiger partial charge in [-0.1, -0.05) is 43.2 Å². The van der Waals surface area contributed by atoms with Crippen molar-refractivity contribution in [3.8, 4) is 0 Å².